The molecule has 1 heterocycles. The van der Waals surface area contributed by atoms with Gasteiger partial charge in [-0.3, -0.25) is 24.6 Å². The number of ether oxygens (including phenoxy) is 1. The molecular formula is C21H24F4N4O5. The van der Waals surface area contributed by atoms with E-state index in [0.717, 1.165) is 19.1 Å². The minimum atomic E-state index is -4.84. The van der Waals surface area contributed by atoms with Crippen molar-refractivity contribution in [1.29, 1.82) is 0 Å². The summed E-state index contributed by atoms with van der Waals surface area (Å²) in [7, 11) is 0. The third-order valence-electron chi connectivity index (χ3n) is 5.78. The number of carbonyl (C=O) groups is 4. The Bertz CT molecular complexity index is 963. The average Bonchev–Trinajstić information content (AvgIpc) is 3.40. The van der Waals surface area contributed by atoms with Gasteiger partial charge in [0.25, 0.3) is 11.8 Å². The van der Waals surface area contributed by atoms with Crippen molar-refractivity contribution in [3.05, 3.63) is 29.8 Å². The van der Waals surface area contributed by atoms with Crippen LogP contribution in [0.2, 0.25) is 0 Å². The standard InChI is InChI=1S/C21H24F4N4O5/c1-12(22)18(32)29(11-16(26)30)27-17(31)15-3-2-10-28(15)19(33)20(8-9-20)13-4-6-14(7-5-13)34-21(23,24)25/h4-7,12,15H,2-3,8-11H2,1H3,(H2,26,30)(H,27,31)/t12?,15-/m0/s1. The molecule has 0 aromatic heterocycles. The summed E-state index contributed by atoms with van der Waals surface area (Å²) in [6.45, 7) is 0.447. The predicted octanol–water partition coefficient (Wildman–Crippen LogP) is 1.31. The Labute approximate surface area is 192 Å². The van der Waals surface area contributed by atoms with Crippen LogP contribution in [0.15, 0.2) is 24.3 Å². The summed E-state index contributed by atoms with van der Waals surface area (Å²) in [6.07, 6.45) is -5.19. The highest BCUT2D eigenvalue weighted by Gasteiger charge is 2.55. The second-order valence-electron chi connectivity index (χ2n) is 8.29. The van der Waals surface area contributed by atoms with Crippen molar-refractivity contribution in [3.63, 3.8) is 0 Å². The maximum Gasteiger partial charge on any atom is 0.573 e. The first-order chi connectivity index (χ1) is 15.8. The summed E-state index contributed by atoms with van der Waals surface area (Å²) < 4.78 is 54.5. The summed E-state index contributed by atoms with van der Waals surface area (Å²) in [4.78, 5) is 50.8. The molecule has 2 fully saturated rings. The molecule has 3 rings (SSSR count). The smallest absolute Gasteiger partial charge is 0.406 e. The number of nitrogens with zero attached hydrogens (tertiary/aromatic N) is 2. The first kappa shape index (κ1) is 25.2. The number of hydrogen-bond donors (Lipinski definition) is 2. The van der Waals surface area contributed by atoms with Crippen LogP contribution in [0, 0.1) is 0 Å². The van der Waals surface area contributed by atoms with Crippen LogP contribution in [0.3, 0.4) is 0 Å². The molecule has 34 heavy (non-hydrogen) atoms. The topological polar surface area (TPSA) is 122 Å². The molecule has 2 atom stereocenters. The van der Waals surface area contributed by atoms with E-state index in [-0.39, 0.29) is 18.9 Å². The van der Waals surface area contributed by atoms with E-state index in [1.165, 1.54) is 17.0 Å². The van der Waals surface area contributed by atoms with Gasteiger partial charge in [-0.1, -0.05) is 12.1 Å². The monoisotopic (exact) mass is 488 g/mol. The Balaban J connectivity index is 1.73. The van der Waals surface area contributed by atoms with Crippen LogP contribution in [-0.2, 0) is 24.6 Å². The molecular weight excluding hydrogens is 464 g/mol. The zero-order chi connectivity index (χ0) is 25.3. The normalized spacial score (nSPS) is 19.8. The van der Waals surface area contributed by atoms with E-state index < -0.39 is 54.0 Å². The molecule has 186 valence electrons. The Morgan fingerprint density at radius 2 is 1.85 bits per heavy atom. The SMILES string of the molecule is CC(F)C(=O)N(CC(N)=O)NC(=O)[C@@H]1CCCN1C(=O)C1(c2ccc(OC(F)(F)F)cc2)CC1. The number of carbonyl (C=O) groups excluding carboxylic acids is 4. The number of rotatable bonds is 7. The lowest BCUT2D eigenvalue weighted by Gasteiger charge is -2.30. The fourth-order valence-corrected chi connectivity index (χ4v) is 4.03. The highest BCUT2D eigenvalue weighted by atomic mass is 19.4. The lowest BCUT2D eigenvalue weighted by molar-refractivity contribution is -0.274. The summed E-state index contributed by atoms with van der Waals surface area (Å²) in [5, 5.41) is 0.489. The number of alkyl halides is 4. The molecule has 2 aliphatic rings. The van der Waals surface area contributed by atoms with Gasteiger partial charge in [0, 0.05) is 6.54 Å². The number of amides is 4. The summed E-state index contributed by atoms with van der Waals surface area (Å²) in [5.41, 5.74) is 6.77. The molecule has 1 saturated carbocycles. The van der Waals surface area contributed by atoms with Crippen molar-refractivity contribution in [2.24, 2.45) is 5.73 Å². The van der Waals surface area contributed by atoms with Gasteiger partial charge in [0.2, 0.25) is 11.8 Å². The molecule has 1 unspecified atom stereocenters. The van der Waals surface area contributed by atoms with Crippen molar-refractivity contribution in [2.45, 2.75) is 56.6 Å². The third-order valence-corrected chi connectivity index (χ3v) is 5.78. The lowest BCUT2D eigenvalue weighted by atomic mass is 9.94. The van der Waals surface area contributed by atoms with Crippen molar-refractivity contribution < 1.29 is 41.5 Å². The van der Waals surface area contributed by atoms with Gasteiger partial charge in [0.05, 0.1) is 5.41 Å². The quantitative estimate of drug-likeness (QED) is 0.443. The van der Waals surface area contributed by atoms with Crippen LogP contribution in [0.25, 0.3) is 0 Å². The average molecular weight is 488 g/mol. The molecule has 1 aromatic rings. The fraction of sp³-hybridized carbons (Fsp3) is 0.524. The molecule has 0 radical (unpaired) electrons. The van der Waals surface area contributed by atoms with Crippen molar-refractivity contribution in [1.82, 2.24) is 15.3 Å². The van der Waals surface area contributed by atoms with E-state index in [1.54, 1.807) is 0 Å². The maximum absolute atomic E-state index is 13.5. The Morgan fingerprint density at radius 1 is 1.24 bits per heavy atom. The number of likely N-dealkylation sites (tertiary alicyclic amines) is 1. The van der Waals surface area contributed by atoms with Gasteiger partial charge >= 0.3 is 6.36 Å². The van der Waals surface area contributed by atoms with Gasteiger partial charge in [-0.15, -0.1) is 13.2 Å². The van der Waals surface area contributed by atoms with Crippen LogP contribution in [0.4, 0.5) is 17.6 Å². The van der Waals surface area contributed by atoms with Crippen LogP contribution in [-0.4, -0.2) is 65.2 Å². The van der Waals surface area contributed by atoms with Crippen molar-refractivity contribution >= 4 is 23.6 Å². The predicted molar refractivity (Wildman–Crippen MR) is 108 cm³/mol. The van der Waals surface area contributed by atoms with Gasteiger partial charge < -0.3 is 15.4 Å². The summed E-state index contributed by atoms with van der Waals surface area (Å²) in [6, 6.07) is 4.03. The zero-order valence-electron chi connectivity index (χ0n) is 18.2. The zero-order valence-corrected chi connectivity index (χ0v) is 18.2. The van der Waals surface area contributed by atoms with Crippen LogP contribution >= 0.6 is 0 Å². The number of hydrazine groups is 1. The number of hydrogen-bond acceptors (Lipinski definition) is 5. The number of nitrogens with two attached hydrogens (primary N) is 1. The van der Waals surface area contributed by atoms with E-state index in [4.69, 9.17) is 5.73 Å². The van der Waals surface area contributed by atoms with Gasteiger partial charge in [0.15, 0.2) is 6.17 Å². The second kappa shape index (κ2) is 9.47. The number of primary amides is 1. The van der Waals surface area contributed by atoms with E-state index in [9.17, 15) is 36.7 Å². The molecule has 0 spiro atoms. The third kappa shape index (κ3) is 5.57. The molecule has 9 nitrogen and oxygen atoms in total. The van der Waals surface area contributed by atoms with Crippen LogP contribution in [0.1, 0.15) is 38.2 Å². The molecule has 1 aliphatic carbocycles. The van der Waals surface area contributed by atoms with Gasteiger partial charge in [-0.25, -0.2) is 9.40 Å². The van der Waals surface area contributed by atoms with Crippen molar-refractivity contribution in [3.8, 4) is 5.75 Å². The highest BCUT2D eigenvalue weighted by molar-refractivity contribution is 5.96. The number of nitrogens with one attached hydrogen (secondary N) is 1. The van der Waals surface area contributed by atoms with Gasteiger partial charge in [0.1, 0.15) is 18.3 Å². The maximum atomic E-state index is 13.5. The van der Waals surface area contributed by atoms with E-state index in [1.807, 2.05) is 0 Å². The molecule has 3 N–H and O–H groups in total. The van der Waals surface area contributed by atoms with E-state index in [0.29, 0.717) is 29.8 Å². The molecule has 0 bridgehead atoms. The largest absolute Gasteiger partial charge is 0.573 e. The fourth-order valence-electron chi connectivity index (χ4n) is 4.03. The van der Waals surface area contributed by atoms with E-state index in [2.05, 4.69) is 10.2 Å². The Hall–Kier alpha value is -3.38. The first-order valence-corrected chi connectivity index (χ1v) is 10.6. The van der Waals surface area contributed by atoms with Gasteiger partial charge in [-0.2, -0.15) is 0 Å². The van der Waals surface area contributed by atoms with Crippen LogP contribution < -0.4 is 15.9 Å². The molecule has 4 amide bonds. The lowest BCUT2D eigenvalue weighted by Crippen LogP contribution is -2.57. The number of halogens is 4. The van der Waals surface area contributed by atoms with Crippen LogP contribution in [0.5, 0.6) is 5.75 Å². The first-order valence-electron chi connectivity index (χ1n) is 10.6. The Morgan fingerprint density at radius 3 is 2.35 bits per heavy atom. The number of benzene rings is 1. The molecule has 1 aliphatic heterocycles. The molecule has 1 aromatic carbocycles. The molecule has 13 heteroatoms. The molecule has 1 saturated heterocycles. The minimum absolute atomic E-state index is 0.247. The highest BCUT2D eigenvalue weighted by Crippen LogP contribution is 2.50. The van der Waals surface area contributed by atoms with E-state index >= 15 is 0 Å². The summed E-state index contributed by atoms with van der Waals surface area (Å²) >= 11 is 0. The van der Waals surface area contributed by atoms with Gasteiger partial charge in [-0.05, 0) is 50.3 Å². The summed E-state index contributed by atoms with van der Waals surface area (Å²) in [5.74, 6) is -3.70. The Kier molecular flexibility index (Phi) is 7.03. The van der Waals surface area contributed by atoms with Crippen molar-refractivity contribution in [2.75, 3.05) is 13.1 Å². The minimum Gasteiger partial charge on any atom is -0.406 e. The second-order valence-corrected chi connectivity index (χ2v) is 8.29.